The van der Waals surface area contributed by atoms with Crippen LogP contribution in [-0.4, -0.2) is 11.0 Å². The van der Waals surface area contributed by atoms with E-state index in [-0.39, 0.29) is 5.69 Å². The maximum absolute atomic E-state index is 13.6. The van der Waals surface area contributed by atoms with Crippen LogP contribution in [0.25, 0.3) is 0 Å². The van der Waals surface area contributed by atoms with Gasteiger partial charge in [0.05, 0.1) is 11.9 Å². The molecule has 0 aliphatic heterocycles. The van der Waals surface area contributed by atoms with Crippen molar-refractivity contribution in [2.75, 3.05) is 16.0 Å². The molecule has 2 amide bonds. The Morgan fingerprint density at radius 2 is 1.52 bits per heavy atom. The summed E-state index contributed by atoms with van der Waals surface area (Å²) in [5, 5.41) is 7.84. The number of halogens is 2. The van der Waals surface area contributed by atoms with Crippen molar-refractivity contribution < 1.29 is 13.6 Å². The number of anilines is 4. The van der Waals surface area contributed by atoms with Crippen LogP contribution in [0.4, 0.5) is 36.5 Å². The lowest BCUT2D eigenvalue weighted by Crippen LogP contribution is -2.19. The zero-order valence-electron chi connectivity index (χ0n) is 13.0. The van der Waals surface area contributed by atoms with E-state index in [0.29, 0.717) is 17.2 Å². The summed E-state index contributed by atoms with van der Waals surface area (Å²) in [6, 6.07) is 15.2. The Kier molecular flexibility index (Phi) is 4.84. The molecule has 126 valence electrons. The van der Waals surface area contributed by atoms with E-state index in [2.05, 4.69) is 20.9 Å². The Morgan fingerprint density at radius 3 is 2.16 bits per heavy atom. The quantitative estimate of drug-likeness (QED) is 0.642. The van der Waals surface area contributed by atoms with Crippen LogP contribution >= 0.6 is 0 Å². The van der Waals surface area contributed by atoms with Crippen molar-refractivity contribution >= 4 is 28.9 Å². The minimum Gasteiger partial charge on any atom is -0.349 e. The lowest BCUT2D eigenvalue weighted by atomic mass is 10.2. The molecule has 1 aromatic heterocycles. The first-order valence-electron chi connectivity index (χ1n) is 7.42. The highest BCUT2D eigenvalue weighted by Crippen LogP contribution is 2.23. The fourth-order valence-corrected chi connectivity index (χ4v) is 2.10. The summed E-state index contributed by atoms with van der Waals surface area (Å²) in [5.41, 5.74) is 0.776. The standard InChI is InChI=1S/C18H14F2N4O/c19-14-7-4-8-15(20)17(14)22-13-9-10-16(21-11-13)24-18(25)23-12-5-2-1-3-6-12/h1-11,22H,(H2,21,23,24,25). The summed E-state index contributed by atoms with van der Waals surface area (Å²) in [6.07, 6.45) is 1.37. The van der Waals surface area contributed by atoms with Gasteiger partial charge in [0.15, 0.2) is 0 Å². The molecule has 5 nitrogen and oxygen atoms in total. The molecule has 0 aliphatic carbocycles. The monoisotopic (exact) mass is 340 g/mol. The number of nitrogens with one attached hydrogen (secondary N) is 3. The SMILES string of the molecule is O=C(Nc1ccccc1)Nc1ccc(Nc2c(F)cccc2F)cn1. The van der Waals surface area contributed by atoms with Gasteiger partial charge in [0.25, 0.3) is 0 Å². The number of aromatic nitrogens is 1. The second-order valence-corrected chi connectivity index (χ2v) is 5.10. The van der Waals surface area contributed by atoms with Crippen molar-refractivity contribution in [2.45, 2.75) is 0 Å². The van der Waals surface area contributed by atoms with Gasteiger partial charge in [-0.2, -0.15) is 0 Å². The summed E-state index contributed by atoms with van der Waals surface area (Å²) in [7, 11) is 0. The zero-order valence-corrected chi connectivity index (χ0v) is 13.0. The van der Waals surface area contributed by atoms with Gasteiger partial charge in [-0.25, -0.2) is 18.6 Å². The van der Waals surface area contributed by atoms with Gasteiger partial charge in [-0.3, -0.25) is 5.32 Å². The average Bonchev–Trinajstić information content (AvgIpc) is 2.60. The maximum atomic E-state index is 13.6. The van der Waals surface area contributed by atoms with Crippen LogP contribution < -0.4 is 16.0 Å². The molecule has 3 aromatic rings. The summed E-state index contributed by atoms with van der Waals surface area (Å²) in [4.78, 5) is 15.9. The lowest BCUT2D eigenvalue weighted by molar-refractivity contribution is 0.262. The van der Waals surface area contributed by atoms with Crippen molar-refractivity contribution in [1.82, 2.24) is 4.98 Å². The van der Waals surface area contributed by atoms with Crippen LogP contribution in [0, 0.1) is 11.6 Å². The van der Waals surface area contributed by atoms with Gasteiger partial charge in [-0.05, 0) is 36.4 Å². The number of amides is 2. The van der Waals surface area contributed by atoms with Crippen LogP contribution in [0.5, 0.6) is 0 Å². The number of hydrogen-bond donors (Lipinski definition) is 3. The van der Waals surface area contributed by atoms with E-state index in [9.17, 15) is 13.6 Å². The molecule has 3 N–H and O–H groups in total. The van der Waals surface area contributed by atoms with Crippen molar-refractivity contribution in [3.05, 3.63) is 78.5 Å². The zero-order chi connectivity index (χ0) is 17.6. The second kappa shape index (κ2) is 7.39. The van der Waals surface area contributed by atoms with Gasteiger partial charge in [-0.1, -0.05) is 24.3 Å². The molecule has 7 heteroatoms. The number of carbonyl (C=O) groups is 1. The van der Waals surface area contributed by atoms with Gasteiger partial charge in [0.2, 0.25) is 0 Å². The minimum atomic E-state index is -0.704. The summed E-state index contributed by atoms with van der Waals surface area (Å²) >= 11 is 0. The van der Waals surface area contributed by atoms with Crippen LogP contribution in [0.2, 0.25) is 0 Å². The molecule has 25 heavy (non-hydrogen) atoms. The van der Waals surface area contributed by atoms with Crippen molar-refractivity contribution in [1.29, 1.82) is 0 Å². The topological polar surface area (TPSA) is 66.1 Å². The third kappa shape index (κ3) is 4.29. The number of para-hydroxylation sites is 2. The first kappa shape index (κ1) is 16.4. The van der Waals surface area contributed by atoms with Crippen LogP contribution in [0.1, 0.15) is 0 Å². The van der Waals surface area contributed by atoms with E-state index in [1.807, 2.05) is 6.07 Å². The summed E-state index contributed by atoms with van der Waals surface area (Å²) < 4.78 is 27.2. The van der Waals surface area contributed by atoms with Crippen LogP contribution in [0.15, 0.2) is 66.9 Å². The molecule has 1 heterocycles. The molecular formula is C18H14F2N4O. The van der Waals surface area contributed by atoms with E-state index in [4.69, 9.17) is 0 Å². The lowest BCUT2D eigenvalue weighted by Gasteiger charge is -2.10. The molecule has 2 aromatic carbocycles. The number of benzene rings is 2. The molecule has 0 saturated heterocycles. The van der Waals surface area contributed by atoms with E-state index >= 15 is 0 Å². The fraction of sp³-hybridized carbons (Fsp3) is 0. The molecule has 0 bridgehead atoms. The highest BCUT2D eigenvalue weighted by atomic mass is 19.1. The van der Waals surface area contributed by atoms with Crippen molar-refractivity contribution in [2.24, 2.45) is 0 Å². The van der Waals surface area contributed by atoms with Gasteiger partial charge in [0, 0.05) is 5.69 Å². The molecule has 0 atom stereocenters. The number of rotatable bonds is 4. The highest BCUT2D eigenvalue weighted by Gasteiger charge is 2.09. The predicted molar refractivity (Wildman–Crippen MR) is 93.0 cm³/mol. The summed E-state index contributed by atoms with van der Waals surface area (Å²) in [5.74, 6) is -1.11. The Bertz CT molecular complexity index is 850. The van der Waals surface area contributed by atoms with Gasteiger partial charge in [0.1, 0.15) is 23.1 Å². The van der Waals surface area contributed by atoms with E-state index in [0.717, 1.165) is 12.1 Å². The molecule has 0 aliphatic rings. The van der Waals surface area contributed by atoms with Gasteiger partial charge >= 0.3 is 6.03 Å². The molecule has 0 saturated carbocycles. The van der Waals surface area contributed by atoms with Crippen LogP contribution in [-0.2, 0) is 0 Å². The number of carbonyl (C=O) groups excluding carboxylic acids is 1. The smallest absolute Gasteiger partial charge is 0.324 e. The Labute approximate surface area is 142 Å². The first-order chi connectivity index (χ1) is 12.1. The fourth-order valence-electron chi connectivity index (χ4n) is 2.10. The first-order valence-corrected chi connectivity index (χ1v) is 7.42. The highest BCUT2D eigenvalue weighted by molar-refractivity contribution is 5.99. The largest absolute Gasteiger partial charge is 0.349 e. The van der Waals surface area contributed by atoms with Crippen molar-refractivity contribution in [3.8, 4) is 0 Å². The van der Waals surface area contributed by atoms with E-state index in [1.165, 1.54) is 18.3 Å². The Balaban J connectivity index is 1.63. The van der Waals surface area contributed by atoms with E-state index in [1.54, 1.807) is 30.3 Å². The average molecular weight is 340 g/mol. The second-order valence-electron chi connectivity index (χ2n) is 5.10. The maximum Gasteiger partial charge on any atom is 0.324 e. The number of pyridine rings is 1. The number of urea groups is 1. The third-order valence-corrected chi connectivity index (χ3v) is 3.27. The third-order valence-electron chi connectivity index (χ3n) is 3.27. The van der Waals surface area contributed by atoms with Gasteiger partial charge in [-0.15, -0.1) is 0 Å². The molecule has 3 rings (SSSR count). The minimum absolute atomic E-state index is 0.258. The molecule has 0 fully saturated rings. The Hall–Kier alpha value is -3.48. The normalized spacial score (nSPS) is 10.2. The molecular weight excluding hydrogens is 326 g/mol. The number of nitrogens with zero attached hydrogens (tertiary/aromatic N) is 1. The number of hydrogen-bond acceptors (Lipinski definition) is 3. The molecule has 0 spiro atoms. The van der Waals surface area contributed by atoms with Gasteiger partial charge < -0.3 is 10.6 Å². The molecule has 0 radical (unpaired) electrons. The van der Waals surface area contributed by atoms with E-state index < -0.39 is 17.7 Å². The molecule has 0 unspecified atom stereocenters. The predicted octanol–water partition coefficient (Wildman–Crippen LogP) is 4.75. The summed E-state index contributed by atoms with van der Waals surface area (Å²) in [6.45, 7) is 0. The Morgan fingerprint density at radius 1 is 0.800 bits per heavy atom. The van der Waals surface area contributed by atoms with Crippen LogP contribution in [0.3, 0.4) is 0 Å². The van der Waals surface area contributed by atoms with Crippen molar-refractivity contribution in [3.63, 3.8) is 0 Å².